The molecule has 2 aromatic heterocycles. The average molecular weight is 529 g/mol. The Kier molecular flexibility index (Phi) is 6.54. The summed E-state index contributed by atoms with van der Waals surface area (Å²) in [5, 5.41) is 12.6. The van der Waals surface area contributed by atoms with Gasteiger partial charge in [0.15, 0.2) is 16.7 Å². The molecule has 1 aliphatic rings. The Morgan fingerprint density at radius 1 is 1.08 bits per heavy atom. The van der Waals surface area contributed by atoms with Crippen molar-refractivity contribution in [2.24, 2.45) is 5.92 Å². The van der Waals surface area contributed by atoms with Crippen molar-refractivity contribution in [3.05, 3.63) is 95.6 Å². The second-order valence-electron chi connectivity index (χ2n) is 9.20. The lowest BCUT2D eigenvalue weighted by Gasteiger charge is -2.37. The van der Waals surface area contributed by atoms with Gasteiger partial charge in [0.05, 0.1) is 22.5 Å². The molecule has 0 bridgehead atoms. The number of aliphatic hydroxyl groups is 1. The molecule has 2 atom stereocenters. The number of fused-ring (bicyclic) bond motifs is 1. The quantitative estimate of drug-likeness (QED) is 0.325. The molecule has 7 nitrogen and oxygen atoms in total. The van der Waals surface area contributed by atoms with Crippen LogP contribution in [0.5, 0.6) is 0 Å². The zero-order chi connectivity index (χ0) is 25.5. The average Bonchev–Trinajstić information content (AvgIpc) is 3.22. The molecule has 1 fully saturated rings. The molecule has 10 heteroatoms. The van der Waals surface area contributed by atoms with Crippen LogP contribution in [0, 0.1) is 11.7 Å². The van der Waals surface area contributed by atoms with Crippen LogP contribution in [0.3, 0.4) is 0 Å². The van der Waals surface area contributed by atoms with Gasteiger partial charge in [0.1, 0.15) is 11.4 Å². The van der Waals surface area contributed by atoms with Crippen molar-refractivity contribution in [2.45, 2.75) is 41.9 Å². The summed E-state index contributed by atoms with van der Waals surface area (Å²) in [5.74, 6) is -0.505. The van der Waals surface area contributed by atoms with E-state index < -0.39 is 32.5 Å². The highest BCUT2D eigenvalue weighted by Crippen LogP contribution is 2.44. The summed E-state index contributed by atoms with van der Waals surface area (Å²) in [7, 11) is -4.21. The number of rotatable bonds is 8. The first kappa shape index (κ1) is 24.8. The third kappa shape index (κ3) is 4.50. The summed E-state index contributed by atoms with van der Waals surface area (Å²) < 4.78 is 63.4. The summed E-state index contributed by atoms with van der Waals surface area (Å²) in [6, 6.07) is 17.1. The van der Waals surface area contributed by atoms with Crippen LogP contribution < -0.4 is 0 Å². The Balaban J connectivity index is 1.75. The maximum atomic E-state index is 14.1. The number of hydrogen-bond acceptors (Lipinski definition) is 5. The molecule has 1 aliphatic carbocycles. The molecule has 36 heavy (non-hydrogen) atoms. The van der Waals surface area contributed by atoms with E-state index in [1.54, 1.807) is 42.5 Å². The molecular weight excluding hydrogens is 503 g/mol. The third-order valence-electron chi connectivity index (χ3n) is 6.80. The monoisotopic (exact) mass is 528 g/mol. The van der Waals surface area contributed by atoms with Gasteiger partial charge in [-0.25, -0.2) is 26.0 Å². The topological polar surface area (TPSA) is 109 Å². The van der Waals surface area contributed by atoms with Crippen LogP contribution in [0.1, 0.15) is 42.5 Å². The highest BCUT2D eigenvalue weighted by Gasteiger charge is 2.42. The summed E-state index contributed by atoms with van der Waals surface area (Å²) in [4.78, 5) is 4.11. The first-order chi connectivity index (χ1) is 17.2. The molecule has 0 radical (unpaired) electrons. The highest BCUT2D eigenvalue weighted by atomic mass is 32.2. The molecular formula is C26H25FN2O5S2. The molecule has 2 N–H and O–H groups in total. The summed E-state index contributed by atoms with van der Waals surface area (Å²) >= 11 is -2.02. The van der Waals surface area contributed by atoms with E-state index in [4.69, 9.17) is 0 Å². The predicted octanol–water partition coefficient (Wildman–Crippen LogP) is 4.56. The summed E-state index contributed by atoms with van der Waals surface area (Å²) in [6.45, 7) is 0. The maximum Gasteiger partial charge on any atom is 0.269 e. The Bertz CT molecular complexity index is 1530. The summed E-state index contributed by atoms with van der Waals surface area (Å²) in [5.41, 5.74) is -0.595. The molecule has 1 saturated carbocycles. The third-order valence-corrected chi connectivity index (χ3v) is 9.10. The standard InChI is InChI=1S/C26H25FN2O5S2/c27-22-13-20-14-24(29(25(20)28-16-22)36(33,34)23-7-2-1-3-8-23)26(30,15-18-5-4-6-18)21-11-9-19(10-12-21)17-35(31)32/h1-3,7-14,16,18,30H,4-6,15,17H2,(H,31,32). The smallest absolute Gasteiger partial charge is 0.269 e. The van der Waals surface area contributed by atoms with E-state index in [1.807, 2.05) is 0 Å². The minimum Gasteiger partial charge on any atom is -0.379 e. The first-order valence-corrected chi connectivity index (χ1v) is 14.3. The van der Waals surface area contributed by atoms with Gasteiger partial charge in [-0.15, -0.1) is 0 Å². The zero-order valence-electron chi connectivity index (χ0n) is 19.2. The van der Waals surface area contributed by atoms with E-state index in [1.165, 1.54) is 24.3 Å². The number of pyridine rings is 1. The fourth-order valence-corrected chi connectivity index (χ4v) is 6.81. The maximum absolute atomic E-state index is 14.1. The fraction of sp³-hybridized carbons (Fsp3) is 0.269. The lowest BCUT2D eigenvalue weighted by molar-refractivity contribution is 0.0324. The van der Waals surface area contributed by atoms with E-state index in [0.717, 1.165) is 29.4 Å². The van der Waals surface area contributed by atoms with Crippen LogP contribution >= 0.6 is 0 Å². The van der Waals surface area contributed by atoms with Crippen molar-refractivity contribution >= 4 is 32.1 Å². The van der Waals surface area contributed by atoms with Gasteiger partial charge >= 0.3 is 0 Å². The van der Waals surface area contributed by atoms with Crippen molar-refractivity contribution in [3.63, 3.8) is 0 Å². The Labute approximate surface area is 211 Å². The predicted molar refractivity (Wildman–Crippen MR) is 135 cm³/mol. The van der Waals surface area contributed by atoms with E-state index in [0.29, 0.717) is 11.1 Å². The fourth-order valence-electron chi connectivity index (χ4n) is 4.78. The highest BCUT2D eigenvalue weighted by molar-refractivity contribution is 7.90. The van der Waals surface area contributed by atoms with Crippen molar-refractivity contribution in [1.29, 1.82) is 0 Å². The van der Waals surface area contributed by atoms with E-state index in [9.17, 15) is 26.7 Å². The van der Waals surface area contributed by atoms with Crippen molar-refractivity contribution < 1.29 is 26.7 Å². The largest absolute Gasteiger partial charge is 0.379 e. The van der Waals surface area contributed by atoms with Crippen LogP contribution in [-0.4, -0.2) is 31.2 Å². The lowest BCUT2D eigenvalue weighted by atomic mass is 9.74. The minimum absolute atomic E-state index is 0.0154. The number of aromatic nitrogens is 2. The normalized spacial score (nSPS) is 17.0. The molecule has 0 amide bonds. The lowest BCUT2D eigenvalue weighted by Crippen LogP contribution is -2.36. The molecule has 2 unspecified atom stereocenters. The molecule has 5 rings (SSSR count). The van der Waals surface area contributed by atoms with E-state index in [2.05, 4.69) is 4.98 Å². The van der Waals surface area contributed by atoms with Gasteiger partial charge in [0, 0.05) is 5.39 Å². The van der Waals surface area contributed by atoms with Crippen LogP contribution in [-0.2, 0) is 32.5 Å². The summed E-state index contributed by atoms with van der Waals surface area (Å²) in [6.07, 6.45) is 4.06. The number of nitrogens with zero attached hydrogens (tertiary/aromatic N) is 2. The second kappa shape index (κ2) is 9.51. The van der Waals surface area contributed by atoms with Crippen LogP contribution in [0.15, 0.2) is 77.8 Å². The Hall–Kier alpha value is -2.92. The minimum atomic E-state index is -4.21. The van der Waals surface area contributed by atoms with Crippen molar-refractivity contribution in [3.8, 4) is 0 Å². The number of halogens is 1. The van der Waals surface area contributed by atoms with Gasteiger partial charge in [-0.1, -0.05) is 61.7 Å². The van der Waals surface area contributed by atoms with Crippen molar-refractivity contribution in [1.82, 2.24) is 8.96 Å². The number of benzene rings is 2. The molecule has 0 spiro atoms. The van der Waals surface area contributed by atoms with E-state index in [-0.39, 0.29) is 39.7 Å². The molecule has 4 aromatic rings. The molecule has 0 aliphatic heterocycles. The molecule has 2 heterocycles. The van der Waals surface area contributed by atoms with Crippen LogP contribution in [0.4, 0.5) is 4.39 Å². The Morgan fingerprint density at radius 2 is 1.78 bits per heavy atom. The number of hydrogen-bond donors (Lipinski definition) is 2. The van der Waals surface area contributed by atoms with E-state index >= 15 is 0 Å². The Morgan fingerprint density at radius 3 is 2.39 bits per heavy atom. The van der Waals surface area contributed by atoms with Gasteiger partial charge in [0.25, 0.3) is 10.0 Å². The first-order valence-electron chi connectivity index (χ1n) is 11.6. The van der Waals surface area contributed by atoms with Crippen LogP contribution in [0.25, 0.3) is 11.0 Å². The van der Waals surface area contributed by atoms with Gasteiger partial charge in [-0.05, 0) is 47.7 Å². The van der Waals surface area contributed by atoms with Crippen LogP contribution in [0.2, 0.25) is 0 Å². The van der Waals surface area contributed by atoms with Gasteiger partial charge in [-0.3, -0.25) is 0 Å². The van der Waals surface area contributed by atoms with Gasteiger partial charge in [0.2, 0.25) is 0 Å². The molecule has 0 saturated heterocycles. The van der Waals surface area contributed by atoms with Crippen molar-refractivity contribution in [2.75, 3.05) is 0 Å². The SMILES string of the molecule is O=S(O)Cc1ccc(C(O)(CC2CCC2)c2cc3cc(F)cnc3n2S(=O)(=O)c2ccccc2)cc1. The zero-order valence-corrected chi connectivity index (χ0v) is 20.9. The molecule has 188 valence electrons. The van der Waals surface area contributed by atoms with Gasteiger partial charge < -0.3 is 9.66 Å². The van der Waals surface area contributed by atoms with Gasteiger partial charge in [-0.2, -0.15) is 0 Å². The molecule has 2 aromatic carbocycles. The second-order valence-corrected chi connectivity index (χ2v) is 11.9.